The largest absolute Gasteiger partial charge is 0.508 e. The van der Waals surface area contributed by atoms with Gasteiger partial charge in [-0.05, 0) is 110 Å². The van der Waals surface area contributed by atoms with Crippen molar-refractivity contribution in [2.45, 2.75) is 50.2 Å². The fraction of sp³-hybridized carbons (Fsp3) is 0.300. The van der Waals surface area contributed by atoms with Crippen LogP contribution in [0, 0.1) is 5.92 Å². The van der Waals surface area contributed by atoms with Gasteiger partial charge in [0.15, 0.2) is 17.3 Å². The van der Waals surface area contributed by atoms with Crippen LogP contribution >= 0.6 is 76.0 Å². The molecule has 0 spiro atoms. The Morgan fingerprint density at radius 2 is 0.976 bits per heavy atom. The molecule has 0 aromatic heterocycles. The molecule has 3 rings (SSSR count). The average Bonchev–Trinajstić information content (AvgIpc) is 2.90. The first-order chi connectivity index (χ1) is 18.8. The summed E-state index contributed by atoms with van der Waals surface area (Å²) < 4.78 is -0.604. The second kappa shape index (κ2) is 18.2. The van der Waals surface area contributed by atoms with Crippen molar-refractivity contribution in [2.24, 2.45) is 5.92 Å². The molecule has 0 atom stereocenters. The van der Waals surface area contributed by atoms with Crippen molar-refractivity contribution in [1.82, 2.24) is 0 Å². The van der Waals surface area contributed by atoms with Gasteiger partial charge in [0.25, 0.3) is 0 Å². The molecule has 41 heavy (non-hydrogen) atoms. The lowest BCUT2D eigenvalue weighted by molar-refractivity contribution is 0.0936. The third-order valence-corrected chi connectivity index (χ3v) is 6.45. The van der Waals surface area contributed by atoms with Crippen molar-refractivity contribution in [2.75, 3.05) is 0 Å². The molecule has 3 aromatic carbocycles. The van der Waals surface area contributed by atoms with Gasteiger partial charge in [-0.2, -0.15) is 0 Å². The summed E-state index contributed by atoms with van der Waals surface area (Å²) >= 11 is 15.2. The van der Waals surface area contributed by atoms with E-state index in [1.807, 2.05) is 13.8 Å². The number of phenols is 3. The van der Waals surface area contributed by atoms with Crippen molar-refractivity contribution >= 4 is 93.4 Å². The van der Waals surface area contributed by atoms with Gasteiger partial charge in [-0.25, -0.2) is 0 Å². The SMILES string of the molecule is BrBr.CC(C)(Br)C(=O)c1ccc(O)c(Br)c1.CC(C)(Br)C(=O)c1ccc(O)cc1.CC(C)C(=O)c1ccc(O)cc1. The molecule has 0 fully saturated rings. The molecule has 0 saturated heterocycles. The van der Waals surface area contributed by atoms with Gasteiger partial charge in [-0.15, -0.1) is 0 Å². The van der Waals surface area contributed by atoms with Gasteiger partial charge in [0.1, 0.15) is 17.2 Å². The number of rotatable bonds is 6. The number of carbonyl (C=O) groups excluding carboxylic acids is 3. The first-order valence-electron chi connectivity index (χ1n) is 12.1. The first-order valence-corrected chi connectivity index (χ1v) is 18.2. The monoisotopic (exact) mass is 884 g/mol. The molecule has 0 aliphatic rings. The molecule has 6 nitrogen and oxygen atoms in total. The Morgan fingerprint density at radius 1 is 0.634 bits per heavy atom. The molecule has 0 bridgehead atoms. The summed E-state index contributed by atoms with van der Waals surface area (Å²) in [5.41, 5.74) is 1.82. The van der Waals surface area contributed by atoms with E-state index in [4.69, 9.17) is 10.2 Å². The number of halogens is 5. The summed E-state index contributed by atoms with van der Waals surface area (Å²) in [5.74, 6) is 0.600. The maximum Gasteiger partial charge on any atom is 0.178 e. The van der Waals surface area contributed by atoms with E-state index in [1.165, 1.54) is 30.3 Å². The number of hydrogen-bond acceptors (Lipinski definition) is 6. The van der Waals surface area contributed by atoms with E-state index in [0.717, 1.165) is 0 Å². The second-order valence-corrected chi connectivity index (χ2v) is 14.7. The fourth-order valence-corrected chi connectivity index (χ4v) is 3.74. The van der Waals surface area contributed by atoms with Crippen LogP contribution in [-0.2, 0) is 0 Å². The van der Waals surface area contributed by atoms with Crippen LogP contribution < -0.4 is 0 Å². The van der Waals surface area contributed by atoms with Crippen molar-refractivity contribution in [1.29, 1.82) is 0 Å². The summed E-state index contributed by atoms with van der Waals surface area (Å²) in [4.78, 5) is 34.8. The molecule has 0 heterocycles. The van der Waals surface area contributed by atoms with Gasteiger partial charge in [-0.1, -0.05) is 45.7 Å². The first kappa shape index (κ1) is 39.5. The van der Waals surface area contributed by atoms with Crippen LogP contribution in [0.3, 0.4) is 0 Å². The quantitative estimate of drug-likeness (QED) is 0.168. The zero-order chi connectivity index (χ0) is 32.1. The Labute approximate surface area is 282 Å². The molecular formula is C30H33Br5O6. The predicted octanol–water partition coefficient (Wildman–Crippen LogP) is 10.2. The summed E-state index contributed by atoms with van der Waals surface area (Å²) in [7, 11) is 0. The fourth-order valence-electron chi connectivity index (χ4n) is 2.91. The van der Waals surface area contributed by atoms with Crippen LogP contribution in [0.25, 0.3) is 0 Å². The standard InChI is InChI=1S/C10H10Br2O2.C10H11BrO2.C10H12O2.Br2/c1-10(2,12)9(14)6-3-4-8(13)7(11)5-6;1-10(2,11)9(13)7-3-5-8(12)6-4-7;1-7(2)10(12)8-3-5-9(11)6-4-8;1-2/h3-5,13H,1-2H3;3-6,12H,1-2H3;3-7,11H,1-2H3;. The molecule has 0 saturated carbocycles. The number of phenolic OH excluding ortho intramolecular Hbond substituents is 3. The van der Waals surface area contributed by atoms with Crippen molar-refractivity contribution in [3.05, 3.63) is 87.9 Å². The Morgan fingerprint density at radius 3 is 1.32 bits per heavy atom. The number of carbonyl (C=O) groups is 3. The van der Waals surface area contributed by atoms with E-state index in [2.05, 4.69) is 76.0 Å². The third-order valence-electron chi connectivity index (χ3n) is 5.10. The summed E-state index contributed by atoms with van der Waals surface area (Å²) in [6.07, 6.45) is 0. The van der Waals surface area contributed by atoms with Crippen LogP contribution in [0.2, 0.25) is 0 Å². The van der Waals surface area contributed by atoms with E-state index < -0.39 is 8.65 Å². The zero-order valence-corrected chi connectivity index (χ0v) is 31.3. The lowest BCUT2D eigenvalue weighted by Gasteiger charge is -2.14. The van der Waals surface area contributed by atoms with Crippen LogP contribution in [0.4, 0.5) is 0 Å². The lowest BCUT2D eigenvalue weighted by Crippen LogP contribution is -2.23. The van der Waals surface area contributed by atoms with Crippen LogP contribution in [-0.4, -0.2) is 41.3 Å². The maximum atomic E-state index is 11.8. The number of ketones is 3. The minimum atomic E-state index is -0.580. The Kier molecular flexibility index (Phi) is 17.5. The van der Waals surface area contributed by atoms with Gasteiger partial charge in [-0.3, -0.25) is 14.4 Å². The minimum Gasteiger partial charge on any atom is -0.508 e. The number of hydrogen-bond donors (Lipinski definition) is 3. The van der Waals surface area contributed by atoms with Crippen molar-refractivity contribution < 1.29 is 29.7 Å². The van der Waals surface area contributed by atoms with E-state index in [-0.39, 0.29) is 40.5 Å². The Hall–Kier alpha value is -1.53. The molecule has 224 valence electrons. The molecule has 3 N–H and O–H groups in total. The van der Waals surface area contributed by atoms with Crippen molar-refractivity contribution in [3.8, 4) is 17.2 Å². The van der Waals surface area contributed by atoms with Gasteiger partial charge < -0.3 is 15.3 Å². The molecule has 0 aliphatic heterocycles. The number of Topliss-reactive ketones (excluding diaryl/α,β-unsaturated/α-hetero) is 3. The van der Waals surface area contributed by atoms with Gasteiger partial charge >= 0.3 is 0 Å². The highest BCUT2D eigenvalue weighted by molar-refractivity contribution is 9.93. The number of benzene rings is 3. The molecule has 0 unspecified atom stereocenters. The maximum absolute atomic E-state index is 11.8. The molecule has 0 amide bonds. The molecule has 3 aromatic rings. The summed E-state index contributed by atoms with van der Waals surface area (Å²) in [5, 5.41) is 27.2. The number of aromatic hydroxyl groups is 3. The second-order valence-electron chi connectivity index (χ2n) is 9.88. The molecule has 0 aliphatic carbocycles. The normalized spacial score (nSPS) is 10.6. The number of alkyl halides is 2. The van der Waals surface area contributed by atoms with Crippen LogP contribution in [0.1, 0.15) is 72.6 Å². The van der Waals surface area contributed by atoms with E-state index in [1.54, 1.807) is 64.1 Å². The summed E-state index contributed by atoms with van der Waals surface area (Å²) in [6.45, 7) is 10.9. The lowest BCUT2D eigenvalue weighted by atomic mass is 10.0. The van der Waals surface area contributed by atoms with Crippen molar-refractivity contribution in [3.63, 3.8) is 0 Å². The Balaban J connectivity index is 0.000000569. The smallest absolute Gasteiger partial charge is 0.178 e. The topological polar surface area (TPSA) is 112 Å². The molecule has 0 radical (unpaired) electrons. The third kappa shape index (κ3) is 14.5. The van der Waals surface area contributed by atoms with Crippen LogP contribution in [0.15, 0.2) is 71.2 Å². The minimum absolute atomic E-state index is 0.00694. The van der Waals surface area contributed by atoms with Gasteiger partial charge in [0.2, 0.25) is 0 Å². The highest BCUT2D eigenvalue weighted by Crippen LogP contribution is 2.28. The van der Waals surface area contributed by atoms with E-state index >= 15 is 0 Å². The predicted molar refractivity (Wildman–Crippen MR) is 184 cm³/mol. The average molecular weight is 889 g/mol. The zero-order valence-electron chi connectivity index (χ0n) is 23.4. The van der Waals surface area contributed by atoms with E-state index in [0.29, 0.717) is 21.2 Å². The Bertz CT molecular complexity index is 1280. The highest BCUT2D eigenvalue weighted by atomic mass is 80.9. The van der Waals surface area contributed by atoms with E-state index in [9.17, 15) is 19.5 Å². The van der Waals surface area contributed by atoms with Gasteiger partial charge in [0, 0.05) is 50.9 Å². The molecular weight excluding hydrogens is 856 g/mol. The highest BCUT2D eigenvalue weighted by Gasteiger charge is 2.25. The van der Waals surface area contributed by atoms with Crippen LogP contribution in [0.5, 0.6) is 17.2 Å². The summed E-state index contributed by atoms with van der Waals surface area (Å²) in [6, 6.07) is 17.3. The molecule has 11 heteroatoms. The van der Waals surface area contributed by atoms with Gasteiger partial charge in [0.05, 0.1) is 13.1 Å².